The van der Waals surface area contributed by atoms with Crippen LogP contribution in [0.2, 0.25) is 0 Å². The minimum atomic E-state index is -0.101. The predicted molar refractivity (Wildman–Crippen MR) is 226 cm³/mol. The van der Waals surface area contributed by atoms with Crippen LogP contribution in [0.4, 0.5) is 0 Å². The SMILES string of the molecule is CC1(C)c2c(ccc3ccccc23)-c2ccc3c(sc4cc(-c5c6ccccc6c(-c6ccc(-c7ccccc7)cc6)c6ccccc56)ccc43)c21. The van der Waals surface area contributed by atoms with E-state index in [0.717, 1.165) is 0 Å². The van der Waals surface area contributed by atoms with Crippen molar-refractivity contribution in [1.29, 1.82) is 0 Å². The van der Waals surface area contributed by atoms with Crippen LogP contribution in [-0.2, 0) is 5.41 Å². The molecule has 0 aliphatic heterocycles. The molecular weight excluding hydrogens is 645 g/mol. The standard InChI is InChI=1S/C51H34S/c1-51(2)48-36-15-7-6-14-33(36)24-27-42(48)43-28-29-44-37-26-25-35(30-45(37)52-50(44)49(43)51)47-40-18-10-8-16-38(40)46(39-17-9-11-19-41(39)47)34-22-20-32(21-23-34)31-12-4-3-5-13-31/h3-30H,1-2H3. The highest BCUT2D eigenvalue weighted by Crippen LogP contribution is 2.56. The molecule has 0 atom stereocenters. The molecule has 0 N–H and O–H groups in total. The van der Waals surface area contributed by atoms with Crippen LogP contribution in [0.1, 0.15) is 25.0 Å². The third-order valence-corrected chi connectivity index (χ3v) is 12.8. The van der Waals surface area contributed by atoms with Gasteiger partial charge in [-0.3, -0.25) is 0 Å². The molecule has 0 saturated carbocycles. The van der Waals surface area contributed by atoms with E-state index in [2.05, 4.69) is 184 Å². The smallest absolute Gasteiger partial charge is 0.0402 e. The lowest BCUT2D eigenvalue weighted by Crippen LogP contribution is -2.15. The Morgan fingerprint density at radius 2 is 0.865 bits per heavy atom. The van der Waals surface area contributed by atoms with Gasteiger partial charge in [-0.2, -0.15) is 0 Å². The van der Waals surface area contributed by atoms with E-state index in [4.69, 9.17) is 0 Å². The van der Waals surface area contributed by atoms with Gasteiger partial charge in [0.2, 0.25) is 0 Å². The molecule has 11 rings (SSSR count). The van der Waals surface area contributed by atoms with Gasteiger partial charge in [0, 0.05) is 25.6 Å². The van der Waals surface area contributed by atoms with E-state index in [-0.39, 0.29) is 5.41 Å². The van der Waals surface area contributed by atoms with Gasteiger partial charge in [0.05, 0.1) is 0 Å². The van der Waals surface area contributed by atoms with Gasteiger partial charge in [-0.1, -0.05) is 178 Å². The summed E-state index contributed by atoms with van der Waals surface area (Å²) in [5.74, 6) is 0. The molecule has 9 aromatic carbocycles. The van der Waals surface area contributed by atoms with Crippen LogP contribution in [0.25, 0.3) is 97.0 Å². The molecule has 0 bridgehead atoms. The number of benzene rings is 9. The fourth-order valence-corrected chi connectivity index (χ4v) is 10.8. The fraction of sp³-hybridized carbons (Fsp3) is 0.0588. The molecule has 0 fully saturated rings. The summed E-state index contributed by atoms with van der Waals surface area (Å²) in [5.41, 5.74) is 13.2. The van der Waals surface area contributed by atoms with Crippen LogP contribution < -0.4 is 0 Å². The van der Waals surface area contributed by atoms with E-state index in [1.54, 1.807) is 0 Å². The van der Waals surface area contributed by atoms with Crippen molar-refractivity contribution in [2.24, 2.45) is 0 Å². The summed E-state index contributed by atoms with van der Waals surface area (Å²) in [6, 6.07) is 63.2. The predicted octanol–water partition coefficient (Wildman–Crippen LogP) is 14.8. The summed E-state index contributed by atoms with van der Waals surface area (Å²) in [6.07, 6.45) is 0. The van der Waals surface area contributed by atoms with Crippen LogP contribution in [0.15, 0.2) is 170 Å². The third-order valence-electron chi connectivity index (χ3n) is 11.6. The van der Waals surface area contributed by atoms with Crippen molar-refractivity contribution in [3.63, 3.8) is 0 Å². The summed E-state index contributed by atoms with van der Waals surface area (Å²) in [6.45, 7) is 4.85. The van der Waals surface area contributed by atoms with Gasteiger partial charge in [0.25, 0.3) is 0 Å². The highest BCUT2D eigenvalue weighted by Gasteiger charge is 2.39. The zero-order valence-corrected chi connectivity index (χ0v) is 29.9. The van der Waals surface area contributed by atoms with Crippen LogP contribution in [0, 0.1) is 0 Å². The van der Waals surface area contributed by atoms with E-state index >= 15 is 0 Å². The Kier molecular flexibility index (Phi) is 6.27. The van der Waals surface area contributed by atoms with E-state index < -0.39 is 0 Å². The van der Waals surface area contributed by atoms with Crippen molar-refractivity contribution < 1.29 is 0 Å². The Morgan fingerprint density at radius 3 is 1.56 bits per heavy atom. The molecule has 0 radical (unpaired) electrons. The van der Waals surface area contributed by atoms with Crippen molar-refractivity contribution in [1.82, 2.24) is 0 Å². The molecule has 52 heavy (non-hydrogen) atoms. The average molecular weight is 679 g/mol. The number of hydrogen-bond acceptors (Lipinski definition) is 1. The quantitative estimate of drug-likeness (QED) is 0.163. The monoisotopic (exact) mass is 678 g/mol. The Labute approximate surface area is 307 Å². The molecular formula is C51H34S. The van der Waals surface area contributed by atoms with Crippen LogP contribution in [0.3, 0.4) is 0 Å². The lowest BCUT2D eigenvalue weighted by molar-refractivity contribution is 0.673. The number of rotatable bonds is 3. The largest absolute Gasteiger partial charge is 0.135 e. The van der Waals surface area contributed by atoms with E-state index in [9.17, 15) is 0 Å². The Bertz CT molecular complexity index is 3010. The maximum atomic E-state index is 2.46. The number of fused-ring (bicyclic) bond motifs is 11. The Balaban J connectivity index is 1.11. The maximum absolute atomic E-state index is 2.46. The Morgan fingerprint density at radius 1 is 0.365 bits per heavy atom. The van der Waals surface area contributed by atoms with E-state index in [0.29, 0.717) is 0 Å². The summed E-state index contributed by atoms with van der Waals surface area (Å²) < 4.78 is 2.75. The molecule has 10 aromatic rings. The molecule has 1 heteroatoms. The van der Waals surface area contributed by atoms with E-state index in [1.807, 2.05) is 11.3 Å². The molecule has 0 nitrogen and oxygen atoms in total. The second-order valence-corrected chi connectivity index (χ2v) is 15.8. The van der Waals surface area contributed by atoms with Gasteiger partial charge in [0.1, 0.15) is 0 Å². The summed E-state index contributed by atoms with van der Waals surface area (Å²) >= 11 is 1.96. The molecule has 0 saturated heterocycles. The zero-order chi connectivity index (χ0) is 34.6. The summed E-state index contributed by atoms with van der Waals surface area (Å²) in [7, 11) is 0. The highest BCUT2D eigenvalue weighted by atomic mass is 32.1. The summed E-state index contributed by atoms with van der Waals surface area (Å²) in [4.78, 5) is 0. The fourth-order valence-electron chi connectivity index (χ4n) is 9.35. The molecule has 1 heterocycles. The topological polar surface area (TPSA) is 0 Å². The third kappa shape index (κ3) is 4.15. The molecule has 244 valence electrons. The first-order valence-corrected chi connectivity index (χ1v) is 19.0. The Hall–Kier alpha value is -6.02. The first-order valence-electron chi connectivity index (χ1n) is 18.2. The van der Waals surface area contributed by atoms with Gasteiger partial charge < -0.3 is 0 Å². The maximum Gasteiger partial charge on any atom is 0.0402 e. The zero-order valence-electron chi connectivity index (χ0n) is 29.1. The van der Waals surface area contributed by atoms with Crippen molar-refractivity contribution in [2.45, 2.75) is 19.3 Å². The molecule has 1 aliphatic carbocycles. The van der Waals surface area contributed by atoms with Crippen LogP contribution in [0.5, 0.6) is 0 Å². The molecule has 1 aromatic heterocycles. The minimum Gasteiger partial charge on any atom is -0.135 e. The van der Waals surface area contributed by atoms with Crippen molar-refractivity contribution in [3.05, 3.63) is 181 Å². The van der Waals surface area contributed by atoms with Crippen molar-refractivity contribution >= 4 is 63.8 Å². The van der Waals surface area contributed by atoms with Gasteiger partial charge in [-0.05, 0) is 94.0 Å². The van der Waals surface area contributed by atoms with Gasteiger partial charge in [-0.25, -0.2) is 0 Å². The lowest BCUT2D eigenvalue weighted by Gasteiger charge is -2.23. The normalized spacial score (nSPS) is 13.3. The highest BCUT2D eigenvalue weighted by molar-refractivity contribution is 7.26. The molecule has 0 unspecified atom stereocenters. The van der Waals surface area contributed by atoms with Crippen molar-refractivity contribution in [3.8, 4) is 44.5 Å². The second kappa shape index (κ2) is 11.0. The van der Waals surface area contributed by atoms with Gasteiger partial charge in [0.15, 0.2) is 0 Å². The van der Waals surface area contributed by atoms with Crippen LogP contribution in [-0.4, -0.2) is 0 Å². The van der Waals surface area contributed by atoms with E-state index in [1.165, 1.54) is 108 Å². The lowest BCUT2D eigenvalue weighted by atomic mass is 9.80. The first-order chi connectivity index (χ1) is 25.6. The van der Waals surface area contributed by atoms with Crippen molar-refractivity contribution in [2.75, 3.05) is 0 Å². The first kappa shape index (κ1) is 29.7. The average Bonchev–Trinajstić information content (AvgIpc) is 3.68. The minimum absolute atomic E-state index is 0.101. The van der Waals surface area contributed by atoms with Gasteiger partial charge >= 0.3 is 0 Å². The summed E-state index contributed by atoms with van der Waals surface area (Å²) in [5, 5.41) is 10.5. The second-order valence-electron chi connectivity index (χ2n) is 14.8. The van der Waals surface area contributed by atoms with Crippen LogP contribution >= 0.6 is 11.3 Å². The number of hydrogen-bond donors (Lipinski definition) is 0. The molecule has 0 amide bonds. The molecule has 1 aliphatic rings. The molecule has 0 spiro atoms. The number of thiophene rings is 1. The van der Waals surface area contributed by atoms with Gasteiger partial charge in [-0.15, -0.1) is 11.3 Å².